The number of aromatic nitrogens is 4. The van der Waals surface area contributed by atoms with E-state index < -0.39 is 6.10 Å². The maximum atomic E-state index is 10.7. The Morgan fingerprint density at radius 3 is 2.90 bits per heavy atom. The second kappa shape index (κ2) is 5.30. The minimum Gasteiger partial charge on any atom is -0.382 e. The van der Waals surface area contributed by atoms with E-state index >= 15 is 0 Å². The molecule has 1 aromatic carbocycles. The van der Waals surface area contributed by atoms with E-state index in [-0.39, 0.29) is 0 Å². The Morgan fingerprint density at radius 2 is 2.10 bits per heavy atom. The zero-order valence-electron chi connectivity index (χ0n) is 10.9. The Morgan fingerprint density at radius 1 is 1.30 bits per heavy atom. The molecule has 0 aliphatic heterocycles. The van der Waals surface area contributed by atoms with Crippen molar-refractivity contribution in [2.24, 2.45) is 0 Å². The number of nitrogens with zero attached hydrogens (tertiary/aromatic N) is 4. The summed E-state index contributed by atoms with van der Waals surface area (Å²) in [5, 5.41) is 14.9. The minimum atomic E-state index is -0.799. The summed E-state index contributed by atoms with van der Waals surface area (Å²) in [6.07, 6.45) is 4.17. The van der Waals surface area contributed by atoms with Crippen LogP contribution in [0.15, 0.2) is 41.3 Å². The van der Waals surface area contributed by atoms with Gasteiger partial charge in [0.15, 0.2) is 0 Å². The van der Waals surface area contributed by atoms with Crippen molar-refractivity contribution < 1.29 is 5.11 Å². The van der Waals surface area contributed by atoms with E-state index in [4.69, 9.17) is 0 Å². The molecule has 6 heteroatoms. The molecule has 2 heterocycles. The first-order valence-electron chi connectivity index (χ1n) is 6.31. The molecule has 2 aromatic heterocycles. The normalized spacial score (nSPS) is 12.8. The van der Waals surface area contributed by atoms with Crippen LogP contribution in [-0.2, 0) is 6.54 Å². The summed E-state index contributed by atoms with van der Waals surface area (Å²) >= 11 is 3.44. The Kier molecular flexibility index (Phi) is 3.50. The van der Waals surface area contributed by atoms with Gasteiger partial charge in [-0.25, -0.2) is 0 Å². The van der Waals surface area contributed by atoms with Crippen molar-refractivity contribution in [1.29, 1.82) is 0 Å². The fourth-order valence-electron chi connectivity index (χ4n) is 2.28. The van der Waals surface area contributed by atoms with E-state index in [1.807, 2.05) is 25.1 Å². The molecule has 20 heavy (non-hydrogen) atoms. The van der Waals surface area contributed by atoms with E-state index in [1.165, 1.54) is 0 Å². The highest BCUT2D eigenvalue weighted by Crippen LogP contribution is 2.31. The summed E-state index contributed by atoms with van der Waals surface area (Å²) < 4.78 is 2.55. The second-order valence-corrected chi connectivity index (χ2v) is 5.22. The third kappa shape index (κ3) is 2.10. The van der Waals surface area contributed by atoms with Crippen LogP contribution in [0.4, 0.5) is 0 Å². The van der Waals surface area contributed by atoms with Crippen molar-refractivity contribution in [3.63, 3.8) is 0 Å². The van der Waals surface area contributed by atoms with E-state index in [9.17, 15) is 5.11 Å². The van der Waals surface area contributed by atoms with Gasteiger partial charge in [0, 0.05) is 24.5 Å². The van der Waals surface area contributed by atoms with Gasteiger partial charge in [-0.2, -0.15) is 5.10 Å². The number of hydrogen-bond acceptors (Lipinski definition) is 4. The van der Waals surface area contributed by atoms with Gasteiger partial charge in [-0.05, 0) is 28.9 Å². The highest BCUT2D eigenvalue weighted by Gasteiger charge is 2.21. The van der Waals surface area contributed by atoms with Crippen molar-refractivity contribution in [3.8, 4) is 0 Å². The number of aryl methyl sites for hydroxylation is 1. The van der Waals surface area contributed by atoms with Crippen LogP contribution < -0.4 is 0 Å². The van der Waals surface area contributed by atoms with Crippen LogP contribution in [0.5, 0.6) is 0 Å². The molecular weight excluding hydrogens is 320 g/mol. The molecular formula is C14H13BrN4O. The molecule has 0 saturated heterocycles. The summed E-state index contributed by atoms with van der Waals surface area (Å²) in [6, 6.07) is 5.61. The maximum absolute atomic E-state index is 10.7. The first-order chi connectivity index (χ1) is 9.72. The van der Waals surface area contributed by atoms with E-state index in [0.29, 0.717) is 12.1 Å². The maximum Gasteiger partial charge on any atom is 0.124 e. The molecule has 3 aromatic rings. The topological polar surface area (TPSA) is 63.8 Å². The third-order valence-corrected chi connectivity index (χ3v) is 3.83. The van der Waals surface area contributed by atoms with Crippen molar-refractivity contribution in [1.82, 2.24) is 19.7 Å². The van der Waals surface area contributed by atoms with Crippen LogP contribution in [0, 0.1) is 0 Å². The van der Waals surface area contributed by atoms with E-state index in [1.54, 1.807) is 23.3 Å². The second-order valence-electron chi connectivity index (χ2n) is 4.37. The summed E-state index contributed by atoms with van der Waals surface area (Å²) in [5.74, 6) is 0. The Hall–Kier alpha value is -1.79. The van der Waals surface area contributed by atoms with Gasteiger partial charge in [0.2, 0.25) is 0 Å². The molecule has 0 bridgehead atoms. The smallest absolute Gasteiger partial charge is 0.124 e. The highest BCUT2D eigenvalue weighted by molar-refractivity contribution is 9.10. The molecule has 1 unspecified atom stereocenters. The van der Waals surface area contributed by atoms with Gasteiger partial charge in [0.05, 0.1) is 27.4 Å². The lowest BCUT2D eigenvalue weighted by Crippen LogP contribution is -2.10. The molecule has 0 aliphatic carbocycles. The number of aliphatic hydroxyl groups excluding tert-OH is 1. The molecule has 3 rings (SSSR count). The highest BCUT2D eigenvalue weighted by atomic mass is 79.9. The van der Waals surface area contributed by atoms with Gasteiger partial charge in [0.1, 0.15) is 6.10 Å². The SMILES string of the molecule is CCn1ncc(Br)c1C(O)c1cccc2nccnc12. The lowest BCUT2D eigenvalue weighted by Gasteiger charge is -2.15. The average Bonchev–Trinajstić information content (AvgIpc) is 2.87. The Bertz CT molecular complexity index is 751. The standard InChI is InChI=1S/C14H13BrN4O/c1-2-19-13(10(15)8-18-19)14(20)9-4-3-5-11-12(9)17-7-6-16-11/h3-8,14,20H,2H2,1H3. The van der Waals surface area contributed by atoms with Gasteiger partial charge < -0.3 is 5.11 Å². The van der Waals surface area contributed by atoms with Crippen LogP contribution >= 0.6 is 15.9 Å². The fraction of sp³-hybridized carbons (Fsp3) is 0.214. The van der Waals surface area contributed by atoms with Crippen molar-refractivity contribution >= 4 is 27.0 Å². The molecule has 0 radical (unpaired) electrons. The van der Waals surface area contributed by atoms with Gasteiger partial charge in [-0.15, -0.1) is 0 Å². The number of para-hydroxylation sites is 1. The summed E-state index contributed by atoms with van der Waals surface area (Å²) in [5.41, 5.74) is 2.93. The lowest BCUT2D eigenvalue weighted by atomic mass is 10.0. The lowest BCUT2D eigenvalue weighted by molar-refractivity contribution is 0.208. The predicted molar refractivity (Wildman–Crippen MR) is 79.2 cm³/mol. The zero-order valence-corrected chi connectivity index (χ0v) is 12.4. The van der Waals surface area contributed by atoms with Gasteiger partial charge in [0.25, 0.3) is 0 Å². The van der Waals surface area contributed by atoms with Crippen LogP contribution in [0.25, 0.3) is 11.0 Å². The summed E-state index contributed by atoms with van der Waals surface area (Å²) in [6.45, 7) is 2.67. The van der Waals surface area contributed by atoms with Gasteiger partial charge in [-0.1, -0.05) is 12.1 Å². The third-order valence-electron chi connectivity index (χ3n) is 3.22. The molecule has 0 aliphatic rings. The number of halogens is 1. The van der Waals surface area contributed by atoms with Crippen molar-refractivity contribution in [2.75, 3.05) is 0 Å². The number of rotatable bonds is 3. The van der Waals surface area contributed by atoms with Gasteiger partial charge in [-0.3, -0.25) is 14.6 Å². The first-order valence-corrected chi connectivity index (χ1v) is 7.10. The molecule has 1 N–H and O–H groups in total. The van der Waals surface area contributed by atoms with Crippen LogP contribution in [0.1, 0.15) is 24.3 Å². The summed E-state index contributed by atoms with van der Waals surface area (Å²) in [4.78, 5) is 8.59. The number of fused-ring (bicyclic) bond motifs is 1. The number of benzene rings is 1. The zero-order chi connectivity index (χ0) is 14.1. The Balaban J connectivity index is 2.17. The molecule has 0 fully saturated rings. The number of hydrogen-bond donors (Lipinski definition) is 1. The van der Waals surface area contributed by atoms with E-state index in [0.717, 1.165) is 21.2 Å². The molecule has 0 spiro atoms. The molecule has 0 amide bonds. The first kappa shape index (κ1) is 13.2. The van der Waals surface area contributed by atoms with Crippen LogP contribution in [-0.4, -0.2) is 24.9 Å². The van der Waals surface area contributed by atoms with Crippen molar-refractivity contribution in [3.05, 3.63) is 52.5 Å². The fourth-order valence-corrected chi connectivity index (χ4v) is 2.79. The van der Waals surface area contributed by atoms with Crippen LogP contribution in [0.3, 0.4) is 0 Å². The van der Waals surface area contributed by atoms with Gasteiger partial charge >= 0.3 is 0 Å². The Labute approximate surface area is 124 Å². The molecule has 5 nitrogen and oxygen atoms in total. The quantitative estimate of drug-likeness (QED) is 0.800. The van der Waals surface area contributed by atoms with Crippen LogP contribution in [0.2, 0.25) is 0 Å². The molecule has 0 saturated carbocycles. The summed E-state index contributed by atoms with van der Waals surface area (Å²) in [7, 11) is 0. The average molecular weight is 333 g/mol. The molecule has 102 valence electrons. The molecule has 1 atom stereocenters. The minimum absolute atomic E-state index is 0.689. The predicted octanol–water partition coefficient (Wildman–Crippen LogP) is 2.69. The monoisotopic (exact) mass is 332 g/mol. The van der Waals surface area contributed by atoms with E-state index in [2.05, 4.69) is 31.0 Å². The van der Waals surface area contributed by atoms with Crippen molar-refractivity contribution in [2.45, 2.75) is 19.6 Å². The largest absolute Gasteiger partial charge is 0.382 e. The number of aliphatic hydroxyl groups is 1.